The zero-order valence-electron chi connectivity index (χ0n) is 36.4. The summed E-state index contributed by atoms with van der Waals surface area (Å²) in [7, 11) is 5.88. The molecule has 5 aromatic rings. The zero-order valence-corrected chi connectivity index (χ0v) is 36.4. The molecule has 0 radical (unpaired) electrons. The average molecular weight is 819 g/mol. The predicted molar refractivity (Wildman–Crippen MR) is 231 cm³/mol. The van der Waals surface area contributed by atoms with Gasteiger partial charge in [-0.25, -0.2) is 19.6 Å². The third-order valence-corrected chi connectivity index (χ3v) is 12.3. The molecule has 14 nitrogen and oxygen atoms in total. The van der Waals surface area contributed by atoms with Crippen molar-refractivity contribution in [3.05, 3.63) is 72.3 Å². The number of aromatic amines is 2. The molecular weight excluding hydrogens is 761 g/mol. The van der Waals surface area contributed by atoms with Crippen molar-refractivity contribution < 1.29 is 28.7 Å². The largest absolute Gasteiger partial charge is 0.453 e. The molecule has 6 atom stereocenters. The number of amides is 4. The summed E-state index contributed by atoms with van der Waals surface area (Å²) in [4.78, 5) is 76.4. The van der Waals surface area contributed by atoms with E-state index in [-0.39, 0.29) is 47.6 Å². The third-order valence-electron chi connectivity index (χ3n) is 12.3. The summed E-state index contributed by atoms with van der Waals surface area (Å²) in [5.41, 5.74) is 7.60. The smallest absolute Gasteiger partial charge is 0.409 e. The maximum absolute atomic E-state index is 14.0. The fourth-order valence-corrected chi connectivity index (χ4v) is 9.34. The van der Waals surface area contributed by atoms with Crippen molar-refractivity contribution in [1.29, 1.82) is 0 Å². The first-order valence-electron chi connectivity index (χ1n) is 20.9. The van der Waals surface area contributed by atoms with Crippen LogP contribution in [0.4, 0.5) is 9.59 Å². The lowest BCUT2D eigenvalue weighted by Crippen LogP contribution is -2.52. The number of hydrogen-bond donors (Lipinski definition) is 2. The Hall–Kier alpha value is -5.92. The quantitative estimate of drug-likeness (QED) is 0.143. The fourth-order valence-electron chi connectivity index (χ4n) is 9.34. The van der Waals surface area contributed by atoms with Crippen molar-refractivity contribution in [1.82, 2.24) is 39.5 Å². The van der Waals surface area contributed by atoms with Gasteiger partial charge in [-0.05, 0) is 83.0 Å². The first kappa shape index (κ1) is 42.2. The molecule has 14 heteroatoms. The Balaban J connectivity index is 1.09. The van der Waals surface area contributed by atoms with E-state index in [1.807, 2.05) is 49.6 Å². The Bertz CT molecular complexity index is 2220. The van der Waals surface area contributed by atoms with E-state index in [1.165, 1.54) is 24.0 Å². The molecule has 1 unspecified atom stereocenters. The molecular formula is C46H58N8O6. The number of nitrogens with zero attached hydrogens (tertiary/aromatic N) is 6. The minimum absolute atomic E-state index is 0.104. The number of carbonyl (C=O) groups is 4. The Morgan fingerprint density at radius 2 is 0.967 bits per heavy atom. The van der Waals surface area contributed by atoms with Crippen LogP contribution in [0.2, 0.25) is 0 Å². The molecule has 0 spiro atoms. The molecule has 2 aliphatic heterocycles. The van der Waals surface area contributed by atoms with Crippen LogP contribution >= 0.6 is 0 Å². The summed E-state index contributed by atoms with van der Waals surface area (Å²) in [6.45, 7) is 13.2. The van der Waals surface area contributed by atoms with Gasteiger partial charge in [-0.1, -0.05) is 77.9 Å². The van der Waals surface area contributed by atoms with Crippen LogP contribution in [0.1, 0.15) is 78.1 Å². The van der Waals surface area contributed by atoms with Gasteiger partial charge in [0.1, 0.15) is 23.7 Å². The lowest BCUT2D eigenvalue weighted by Gasteiger charge is -2.34. The van der Waals surface area contributed by atoms with Crippen molar-refractivity contribution >= 4 is 46.1 Å². The van der Waals surface area contributed by atoms with Crippen LogP contribution in [0.3, 0.4) is 0 Å². The molecule has 0 bridgehead atoms. The minimum Gasteiger partial charge on any atom is -0.453 e. The summed E-state index contributed by atoms with van der Waals surface area (Å²) in [5, 5.41) is 0. The van der Waals surface area contributed by atoms with Gasteiger partial charge >= 0.3 is 12.2 Å². The van der Waals surface area contributed by atoms with Gasteiger partial charge in [-0.3, -0.25) is 19.4 Å². The minimum atomic E-state index is -0.654. The monoisotopic (exact) mass is 818 g/mol. The highest BCUT2D eigenvalue weighted by Crippen LogP contribution is 2.39. The van der Waals surface area contributed by atoms with Crippen LogP contribution in [0.15, 0.2) is 60.7 Å². The van der Waals surface area contributed by atoms with Crippen LogP contribution in [0, 0.1) is 23.7 Å². The zero-order chi connectivity index (χ0) is 43.2. The highest BCUT2D eigenvalue weighted by molar-refractivity contribution is 5.88. The number of H-pyrrole nitrogens is 2. The topological polar surface area (TPSA) is 157 Å². The number of ether oxygens (including phenoxy) is 2. The van der Waals surface area contributed by atoms with E-state index in [0.29, 0.717) is 13.1 Å². The lowest BCUT2D eigenvalue weighted by atomic mass is 10.00. The molecule has 2 aromatic heterocycles. The second kappa shape index (κ2) is 17.0. The van der Waals surface area contributed by atoms with E-state index >= 15 is 0 Å². The van der Waals surface area contributed by atoms with Gasteiger partial charge in [0.2, 0.25) is 11.8 Å². The van der Waals surface area contributed by atoms with Crippen LogP contribution < -0.4 is 0 Å². The molecule has 0 aliphatic carbocycles. The number of imidazole rings is 2. The van der Waals surface area contributed by atoms with E-state index in [2.05, 4.69) is 72.3 Å². The molecule has 60 heavy (non-hydrogen) atoms. The van der Waals surface area contributed by atoms with Crippen LogP contribution in [-0.4, -0.2) is 117 Å². The van der Waals surface area contributed by atoms with Gasteiger partial charge in [0.15, 0.2) is 0 Å². The molecule has 4 heterocycles. The number of methoxy groups -OCH3 is 2. The first-order valence-corrected chi connectivity index (χ1v) is 20.9. The number of rotatable bonds is 10. The number of likely N-dealkylation sites (tertiary alicyclic amines) is 2. The standard InChI is InChI=1S/C46H58N8O6/c1-25(2)39(51(7)45(57)59-9)43(55)53-23-27(5)19-37(53)41-47-33-17-15-31(21-35(33)49-41)29-11-13-30(14-12-29)32-16-18-34-36(22-32)50-42(48-34)38-20-28(6)24-54(38)44(56)40(26(3)4)52(8)46(58)60-10/h11-18,21-22,25-28,37-40H,19-20,23-24H2,1-10H3,(H,47,49)(H,48,50)/t27-,28-,37-,38?,39-,40-/m0/s1. The van der Waals surface area contributed by atoms with Gasteiger partial charge in [0, 0.05) is 27.2 Å². The van der Waals surface area contributed by atoms with Gasteiger partial charge < -0.3 is 29.2 Å². The third kappa shape index (κ3) is 8.03. The molecule has 318 valence electrons. The Kier molecular flexibility index (Phi) is 11.9. The summed E-state index contributed by atoms with van der Waals surface area (Å²) >= 11 is 0. The molecule has 2 fully saturated rings. The highest BCUT2D eigenvalue weighted by Gasteiger charge is 2.43. The van der Waals surface area contributed by atoms with E-state index < -0.39 is 24.3 Å². The molecule has 4 amide bonds. The number of likely N-dealkylation sites (N-methyl/N-ethyl adjacent to an activating group) is 2. The van der Waals surface area contributed by atoms with Crippen molar-refractivity contribution in [2.75, 3.05) is 41.4 Å². The number of aromatic nitrogens is 4. The molecule has 3 aromatic carbocycles. The number of fused-ring (bicyclic) bond motifs is 2. The predicted octanol–water partition coefficient (Wildman–Crippen LogP) is 8.04. The van der Waals surface area contributed by atoms with Gasteiger partial charge in [0.25, 0.3) is 0 Å². The van der Waals surface area contributed by atoms with Crippen molar-refractivity contribution in [2.24, 2.45) is 23.7 Å². The second-order valence-electron chi connectivity index (χ2n) is 17.5. The summed E-state index contributed by atoms with van der Waals surface area (Å²) < 4.78 is 9.89. The summed E-state index contributed by atoms with van der Waals surface area (Å²) in [6, 6.07) is 19.0. The number of carbonyl (C=O) groups excluding carboxylic acids is 4. The number of benzene rings is 3. The Morgan fingerprint density at radius 1 is 0.617 bits per heavy atom. The van der Waals surface area contributed by atoms with Gasteiger partial charge in [-0.2, -0.15) is 0 Å². The van der Waals surface area contributed by atoms with E-state index in [4.69, 9.17) is 19.4 Å². The second-order valence-corrected chi connectivity index (χ2v) is 17.5. The van der Waals surface area contributed by atoms with Gasteiger partial charge in [-0.15, -0.1) is 0 Å². The van der Waals surface area contributed by atoms with Gasteiger partial charge in [0.05, 0.1) is 48.4 Å². The van der Waals surface area contributed by atoms with E-state index in [0.717, 1.165) is 68.8 Å². The maximum Gasteiger partial charge on any atom is 0.409 e. The van der Waals surface area contributed by atoms with Crippen molar-refractivity contribution in [3.8, 4) is 22.3 Å². The van der Waals surface area contributed by atoms with E-state index in [9.17, 15) is 19.2 Å². The number of nitrogens with one attached hydrogen (secondary N) is 2. The SMILES string of the molecule is COC(=O)N(C)[C@H](C(=O)N1C[C@@H](C)CC1c1nc2ccc(-c3ccc(-c4ccc5nc([C@@H]6C[C@H](C)CN6C(=O)[C@H](C(C)C)N(C)C(=O)OC)[nH]c5c4)cc3)cc2[nH]1)C(C)C. The van der Waals surface area contributed by atoms with Crippen molar-refractivity contribution in [3.63, 3.8) is 0 Å². The molecule has 0 saturated carbocycles. The van der Waals surface area contributed by atoms with E-state index in [1.54, 1.807) is 14.1 Å². The highest BCUT2D eigenvalue weighted by atomic mass is 16.5. The molecule has 7 rings (SSSR count). The lowest BCUT2D eigenvalue weighted by molar-refractivity contribution is -0.139. The molecule has 2 aliphatic rings. The summed E-state index contributed by atoms with van der Waals surface area (Å²) in [5.74, 6) is 1.60. The Morgan fingerprint density at radius 3 is 1.30 bits per heavy atom. The number of hydrogen-bond acceptors (Lipinski definition) is 8. The van der Waals surface area contributed by atoms with Crippen LogP contribution in [0.25, 0.3) is 44.3 Å². The first-order chi connectivity index (χ1) is 28.6. The fraction of sp³-hybridized carbons (Fsp3) is 0.478. The summed E-state index contributed by atoms with van der Waals surface area (Å²) in [6.07, 6.45) is 0.462. The maximum atomic E-state index is 14.0. The molecule has 2 N–H and O–H groups in total. The van der Waals surface area contributed by atoms with Crippen molar-refractivity contribution in [2.45, 2.75) is 78.6 Å². The van der Waals surface area contributed by atoms with Crippen LogP contribution in [0.5, 0.6) is 0 Å². The normalized spacial score (nSPS) is 20.3. The average Bonchev–Trinajstić information content (AvgIpc) is 4.03. The van der Waals surface area contributed by atoms with Crippen LogP contribution in [-0.2, 0) is 19.1 Å². The molecule has 2 saturated heterocycles. The Labute approximate surface area is 351 Å².